The fraction of sp³-hybridized carbons (Fsp3) is 0. The van der Waals surface area contributed by atoms with Crippen LogP contribution in [-0.4, -0.2) is 11.7 Å². The quantitative estimate of drug-likeness (QED) is 0.546. The van der Waals surface area contributed by atoms with E-state index in [1.54, 1.807) is 0 Å². The minimum absolute atomic E-state index is 0.0589. The van der Waals surface area contributed by atoms with Gasteiger partial charge in [0, 0.05) is 11.6 Å². The Morgan fingerprint density at radius 2 is 2.23 bits per heavy atom. The summed E-state index contributed by atoms with van der Waals surface area (Å²) in [6, 6.07) is 3.16. The highest BCUT2D eigenvalue weighted by atomic mass is 35.5. The molecule has 0 bridgehead atoms. The Morgan fingerprint density at radius 3 is 2.77 bits per heavy atom. The van der Waals surface area contributed by atoms with Crippen LogP contribution in [0.1, 0.15) is 10.4 Å². The van der Waals surface area contributed by atoms with E-state index in [4.69, 9.17) is 11.6 Å². The lowest BCUT2D eigenvalue weighted by Gasteiger charge is -2.01. The molecule has 0 aliphatic rings. The first kappa shape index (κ1) is 9.67. The van der Waals surface area contributed by atoms with E-state index in [0.717, 1.165) is 18.2 Å². The molecule has 0 heterocycles. The van der Waals surface area contributed by atoms with E-state index in [9.17, 15) is 14.0 Å². The lowest BCUT2D eigenvalue weighted by atomic mass is 10.2. The summed E-state index contributed by atoms with van der Waals surface area (Å²) in [5.74, 6) is -0.645. The maximum Gasteiger partial charge on any atom is 0.409 e. The van der Waals surface area contributed by atoms with Gasteiger partial charge in [-0.1, -0.05) is 0 Å². The summed E-state index contributed by atoms with van der Waals surface area (Å²) in [6.45, 7) is 0. The smallest absolute Gasteiger partial charge is 0.409 e. The largest absolute Gasteiger partial charge is 0.414 e. The van der Waals surface area contributed by atoms with Gasteiger partial charge in [0.1, 0.15) is 11.6 Å². The van der Waals surface area contributed by atoms with Crippen LogP contribution in [0.2, 0.25) is 0 Å². The zero-order valence-corrected chi connectivity index (χ0v) is 7.05. The normalized spacial score (nSPS) is 9.38. The lowest BCUT2D eigenvalue weighted by molar-refractivity contribution is 0.112. The molecule has 0 aromatic heterocycles. The van der Waals surface area contributed by atoms with Crippen LogP contribution in [0.25, 0.3) is 0 Å². The van der Waals surface area contributed by atoms with Crippen LogP contribution >= 0.6 is 11.6 Å². The van der Waals surface area contributed by atoms with Crippen molar-refractivity contribution in [2.45, 2.75) is 0 Å². The van der Waals surface area contributed by atoms with Gasteiger partial charge in [-0.15, -0.1) is 0 Å². The number of benzene rings is 1. The van der Waals surface area contributed by atoms with Gasteiger partial charge in [0.15, 0.2) is 6.29 Å². The van der Waals surface area contributed by atoms with E-state index in [1.165, 1.54) is 0 Å². The zero-order valence-electron chi connectivity index (χ0n) is 6.29. The van der Waals surface area contributed by atoms with Gasteiger partial charge in [0.05, 0.1) is 5.56 Å². The van der Waals surface area contributed by atoms with Crippen LogP contribution in [0, 0.1) is 5.82 Å². The first-order valence-corrected chi connectivity index (χ1v) is 3.63. The average molecular weight is 203 g/mol. The molecule has 0 saturated heterocycles. The summed E-state index contributed by atoms with van der Waals surface area (Å²) in [6.07, 6.45) is 0.373. The van der Waals surface area contributed by atoms with Gasteiger partial charge in [-0.25, -0.2) is 9.18 Å². The van der Waals surface area contributed by atoms with Crippen molar-refractivity contribution in [3.63, 3.8) is 0 Å². The van der Waals surface area contributed by atoms with Crippen LogP contribution < -0.4 is 4.74 Å². The molecule has 68 valence electrons. The third kappa shape index (κ3) is 2.52. The zero-order chi connectivity index (χ0) is 9.84. The molecule has 5 heteroatoms. The SMILES string of the molecule is O=Cc1cc(F)ccc1OC(=O)Cl. The molecule has 0 aliphatic carbocycles. The second-order valence-electron chi connectivity index (χ2n) is 2.14. The molecule has 0 saturated carbocycles. The first-order valence-electron chi connectivity index (χ1n) is 3.25. The summed E-state index contributed by atoms with van der Waals surface area (Å²) >= 11 is 4.91. The van der Waals surface area contributed by atoms with Crippen molar-refractivity contribution in [2.75, 3.05) is 0 Å². The number of halogens is 2. The first-order chi connectivity index (χ1) is 6.13. The molecule has 1 rings (SSSR count). The van der Waals surface area contributed by atoms with Crippen LogP contribution in [0.15, 0.2) is 18.2 Å². The van der Waals surface area contributed by atoms with Gasteiger partial charge in [-0.3, -0.25) is 4.79 Å². The van der Waals surface area contributed by atoms with Gasteiger partial charge in [-0.2, -0.15) is 0 Å². The highest BCUT2D eigenvalue weighted by Gasteiger charge is 2.07. The highest BCUT2D eigenvalue weighted by molar-refractivity contribution is 6.61. The summed E-state index contributed by atoms with van der Waals surface area (Å²) in [5, 5.41) is 0. The number of carbonyl (C=O) groups is 2. The molecular weight excluding hydrogens is 199 g/mol. The predicted octanol–water partition coefficient (Wildman–Crippen LogP) is 2.38. The minimum Gasteiger partial charge on any atom is -0.414 e. The summed E-state index contributed by atoms with van der Waals surface area (Å²) in [4.78, 5) is 20.7. The molecule has 1 aromatic carbocycles. The van der Waals surface area contributed by atoms with E-state index < -0.39 is 11.2 Å². The second-order valence-corrected chi connectivity index (χ2v) is 2.45. The topological polar surface area (TPSA) is 43.4 Å². The molecule has 0 fully saturated rings. The Bertz CT molecular complexity index is 351. The Balaban J connectivity index is 3.05. The third-order valence-electron chi connectivity index (χ3n) is 1.29. The second kappa shape index (κ2) is 4.00. The minimum atomic E-state index is -1.07. The Hall–Kier alpha value is -1.42. The summed E-state index contributed by atoms with van der Waals surface area (Å²) in [5.41, 5.74) is -1.14. The van der Waals surface area contributed by atoms with E-state index in [2.05, 4.69) is 4.74 Å². The average Bonchev–Trinajstić information content (AvgIpc) is 2.07. The highest BCUT2D eigenvalue weighted by Crippen LogP contribution is 2.18. The third-order valence-corrected chi connectivity index (χ3v) is 1.37. The van der Waals surface area contributed by atoms with Crippen molar-refractivity contribution in [3.05, 3.63) is 29.6 Å². The molecule has 0 amide bonds. The van der Waals surface area contributed by atoms with E-state index in [0.29, 0.717) is 6.29 Å². The number of carbonyl (C=O) groups excluding carboxylic acids is 2. The van der Waals surface area contributed by atoms with E-state index >= 15 is 0 Å². The standard InChI is InChI=1S/C8H4ClFO3/c9-8(12)13-7-2-1-6(10)3-5(7)4-11/h1-4H. The van der Waals surface area contributed by atoms with Gasteiger partial charge in [0.2, 0.25) is 0 Å². The summed E-state index contributed by atoms with van der Waals surface area (Å²) < 4.78 is 17.0. The molecule has 13 heavy (non-hydrogen) atoms. The van der Waals surface area contributed by atoms with Crippen molar-refractivity contribution >= 4 is 23.3 Å². The van der Waals surface area contributed by atoms with Crippen molar-refractivity contribution in [1.29, 1.82) is 0 Å². The Kier molecular flexibility index (Phi) is 2.97. The Labute approximate surface area is 78.1 Å². The van der Waals surface area contributed by atoms with Crippen LogP contribution in [0.5, 0.6) is 5.75 Å². The molecule has 0 N–H and O–H groups in total. The molecular formula is C8H4ClFO3. The molecule has 3 nitrogen and oxygen atoms in total. The fourth-order valence-electron chi connectivity index (χ4n) is 0.791. The monoisotopic (exact) mass is 202 g/mol. The lowest BCUT2D eigenvalue weighted by Crippen LogP contribution is -1.99. The van der Waals surface area contributed by atoms with Crippen LogP contribution in [0.4, 0.5) is 9.18 Å². The number of rotatable bonds is 2. The summed E-state index contributed by atoms with van der Waals surface area (Å²) in [7, 11) is 0. The number of aldehydes is 1. The molecule has 0 radical (unpaired) electrons. The van der Waals surface area contributed by atoms with E-state index in [-0.39, 0.29) is 11.3 Å². The van der Waals surface area contributed by atoms with Gasteiger partial charge in [-0.05, 0) is 18.2 Å². The van der Waals surface area contributed by atoms with Crippen LogP contribution in [-0.2, 0) is 0 Å². The van der Waals surface area contributed by atoms with Crippen molar-refractivity contribution in [2.24, 2.45) is 0 Å². The number of hydrogen-bond acceptors (Lipinski definition) is 3. The molecule has 0 spiro atoms. The van der Waals surface area contributed by atoms with Crippen LogP contribution in [0.3, 0.4) is 0 Å². The molecule has 0 unspecified atom stereocenters. The van der Waals surface area contributed by atoms with Crippen molar-refractivity contribution < 1.29 is 18.7 Å². The molecule has 0 atom stereocenters. The van der Waals surface area contributed by atoms with Gasteiger partial charge >= 0.3 is 5.43 Å². The van der Waals surface area contributed by atoms with E-state index in [1.807, 2.05) is 0 Å². The number of ether oxygens (including phenoxy) is 1. The fourth-order valence-corrected chi connectivity index (χ4v) is 0.874. The van der Waals surface area contributed by atoms with Crippen molar-refractivity contribution in [3.8, 4) is 5.75 Å². The van der Waals surface area contributed by atoms with Crippen molar-refractivity contribution in [1.82, 2.24) is 0 Å². The van der Waals surface area contributed by atoms with Gasteiger partial charge in [0.25, 0.3) is 0 Å². The molecule has 1 aromatic rings. The van der Waals surface area contributed by atoms with Gasteiger partial charge < -0.3 is 4.74 Å². The number of hydrogen-bond donors (Lipinski definition) is 0. The molecule has 0 aliphatic heterocycles. The maximum atomic E-state index is 12.5. The predicted molar refractivity (Wildman–Crippen MR) is 43.7 cm³/mol. The Morgan fingerprint density at radius 1 is 1.54 bits per heavy atom. The maximum absolute atomic E-state index is 12.5.